The number of nitrogens with zero attached hydrogens (tertiary/aromatic N) is 6. The van der Waals surface area contributed by atoms with Crippen molar-refractivity contribution in [1.29, 1.82) is 0 Å². The molecule has 0 radical (unpaired) electrons. The third-order valence-electron chi connectivity index (χ3n) is 6.33. The molecule has 4 aromatic rings. The van der Waals surface area contributed by atoms with E-state index >= 15 is 0 Å². The number of methoxy groups -OCH3 is 1. The number of fused-ring (bicyclic) bond motifs is 2. The van der Waals surface area contributed by atoms with Crippen LogP contribution in [0.25, 0.3) is 21.9 Å². The van der Waals surface area contributed by atoms with Gasteiger partial charge in [0.25, 0.3) is 0 Å². The summed E-state index contributed by atoms with van der Waals surface area (Å²) in [5, 5.41) is 5.33. The Hall–Kier alpha value is -4.23. The van der Waals surface area contributed by atoms with Crippen molar-refractivity contribution in [3.8, 4) is 11.8 Å². The maximum absolute atomic E-state index is 14.7. The Morgan fingerprint density at radius 3 is 2.94 bits per heavy atom. The molecule has 1 aliphatic heterocycles. The lowest BCUT2D eigenvalue weighted by atomic mass is 10.1. The van der Waals surface area contributed by atoms with Crippen molar-refractivity contribution in [3.63, 3.8) is 0 Å². The van der Waals surface area contributed by atoms with Crippen LogP contribution in [0.2, 0.25) is 0 Å². The highest BCUT2D eigenvalue weighted by molar-refractivity contribution is 5.93. The van der Waals surface area contributed by atoms with Gasteiger partial charge in [-0.05, 0) is 30.6 Å². The Morgan fingerprint density at radius 1 is 1.34 bits per heavy atom. The second kappa shape index (κ2) is 8.85. The Morgan fingerprint density at radius 2 is 2.17 bits per heavy atom. The number of nitrogens with two attached hydrogens (primary N) is 1. The van der Waals surface area contributed by atoms with Crippen LogP contribution in [0.3, 0.4) is 0 Å². The Labute approximate surface area is 201 Å². The second-order valence-corrected chi connectivity index (χ2v) is 8.50. The SMILES string of the molecule is C=CC(=O)N1C[C@@H](n2nc(C#Cc3cc4ncn(C)c4cc3F)c3c(N)nccc32)C[C@@H]1COC. The van der Waals surface area contributed by atoms with E-state index in [1.54, 1.807) is 42.2 Å². The van der Waals surface area contributed by atoms with Gasteiger partial charge >= 0.3 is 0 Å². The first-order valence-electron chi connectivity index (χ1n) is 11.1. The Balaban J connectivity index is 1.57. The van der Waals surface area contributed by atoms with Crippen molar-refractivity contribution < 1.29 is 13.9 Å². The normalized spacial score (nSPS) is 17.6. The largest absolute Gasteiger partial charge is 0.383 e. The number of hydrogen-bond acceptors (Lipinski definition) is 6. The second-order valence-electron chi connectivity index (χ2n) is 8.50. The number of amides is 1. The molecule has 9 nitrogen and oxygen atoms in total. The summed E-state index contributed by atoms with van der Waals surface area (Å²) in [7, 11) is 3.41. The van der Waals surface area contributed by atoms with Crippen molar-refractivity contribution >= 4 is 33.7 Å². The first-order valence-corrected chi connectivity index (χ1v) is 11.1. The van der Waals surface area contributed by atoms with Crippen LogP contribution in [0, 0.1) is 17.7 Å². The molecule has 0 aliphatic carbocycles. The van der Waals surface area contributed by atoms with Gasteiger partial charge in [0.2, 0.25) is 5.91 Å². The molecule has 3 aromatic heterocycles. The standard InChI is InChI=1S/C25H24FN7O2/c1-4-23(34)32-12-16(10-17(32)13-35-3)33-21-7-8-28-25(27)24(21)19(30-33)6-5-15-9-20-22(11-18(15)26)31(2)14-29-20/h4,7-9,11,14,16-17H,1,10,12-13H2,2-3H3,(H2,27,28)/t16-,17+/m0/s1. The molecule has 35 heavy (non-hydrogen) atoms. The number of anilines is 1. The predicted molar refractivity (Wildman–Crippen MR) is 130 cm³/mol. The van der Waals surface area contributed by atoms with Crippen LogP contribution in [0.15, 0.2) is 43.4 Å². The number of benzene rings is 1. The zero-order valence-electron chi connectivity index (χ0n) is 19.4. The first-order chi connectivity index (χ1) is 16.9. The molecule has 0 saturated carbocycles. The summed E-state index contributed by atoms with van der Waals surface area (Å²) < 4.78 is 23.6. The number of likely N-dealkylation sites (tertiary alicyclic amines) is 1. The number of rotatable bonds is 4. The van der Waals surface area contributed by atoms with Crippen LogP contribution in [0.5, 0.6) is 0 Å². The van der Waals surface area contributed by atoms with Gasteiger partial charge in [0.05, 0.1) is 52.5 Å². The molecule has 1 fully saturated rings. The van der Waals surface area contributed by atoms with E-state index in [9.17, 15) is 9.18 Å². The molecule has 5 rings (SSSR count). The lowest BCUT2D eigenvalue weighted by Crippen LogP contribution is -2.37. The summed E-state index contributed by atoms with van der Waals surface area (Å²) in [6, 6.07) is 4.61. The fraction of sp³-hybridized carbons (Fsp3) is 0.280. The topological polar surface area (TPSA) is 104 Å². The molecular weight excluding hydrogens is 449 g/mol. The van der Waals surface area contributed by atoms with Crippen LogP contribution in [0.4, 0.5) is 10.2 Å². The number of hydrogen-bond donors (Lipinski definition) is 1. The zero-order valence-corrected chi connectivity index (χ0v) is 19.4. The van der Waals surface area contributed by atoms with Crippen LogP contribution >= 0.6 is 0 Å². The molecule has 0 spiro atoms. The lowest BCUT2D eigenvalue weighted by molar-refractivity contribution is -0.127. The molecule has 178 valence electrons. The summed E-state index contributed by atoms with van der Waals surface area (Å²) in [4.78, 5) is 22.6. The number of aromatic nitrogens is 5. The molecule has 2 N–H and O–H groups in total. The van der Waals surface area contributed by atoms with Crippen LogP contribution < -0.4 is 5.73 Å². The van der Waals surface area contributed by atoms with Crippen molar-refractivity contribution in [1.82, 2.24) is 29.2 Å². The maximum atomic E-state index is 14.7. The summed E-state index contributed by atoms with van der Waals surface area (Å²) >= 11 is 0. The molecule has 0 bridgehead atoms. The molecule has 1 saturated heterocycles. The smallest absolute Gasteiger partial charge is 0.246 e. The summed E-state index contributed by atoms with van der Waals surface area (Å²) in [5.74, 6) is 5.55. The monoisotopic (exact) mass is 473 g/mol. The highest BCUT2D eigenvalue weighted by Gasteiger charge is 2.36. The van der Waals surface area contributed by atoms with Gasteiger partial charge < -0.3 is 19.9 Å². The van der Waals surface area contributed by atoms with Gasteiger partial charge in [-0.2, -0.15) is 5.10 Å². The quantitative estimate of drug-likeness (QED) is 0.361. The minimum absolute atomic E-state index is 0.109. The lowest BCUT2D eigenvalue weighted by Gasteiger charge is -2.22. The van der Waals surface area contributed by atoms with Crippen molar-refractivity contribution in [3.05, 3.63) is 60.5 Å². The number of aryl methyl sites for hydroxylation is 1. The van der Waals surface area contributed by atoms with Gasteiger partial charge in [-0.25, -0.2) is 14.4 Å². The number of nitrogen functional groups attached to an aromatic ring is 1. The first kappa shape index (κ1) is 22.6. The highest BCUT2D eigenvalue weighted by Crippen LogP contribution is 2.32. The van der Waals surface area contributed by atoms with E-state index in [2.05, 4.69) is 28.4 Å². The van der Waals surface area contributed by atoms with Gasteiger partial charge in [0.15, 0.2) is 0 Å². The van der Waals surface area contributed by atoms with E-state index < -0.39 is 5.82 Å². The third kappa shape index (κ3) is 3.90. The average molecular weight is 474 g/mol. The van der Waals surface area contributed by atoms with Crippen molar-refractivity contribution in [2.24, 2.45) is 7.05 Å². The molecule has 1 amide bonds. The number of carbonyl (C=O) groups excluding carboxylic acids is 1. The number of imidazole rings is 1. The minimum Gasteiger partial charge on any atom is -0.383 e. The van der Waals surface area contributed by atoms with Crippen LogP contribution in [-0.2, 0) is 16.6 Å². The average Bonchev–Trinajstić information content (AvgIpc) is 3.54. The predicted octanol–water partition coefficient (Wildman–Crippen LogP) is 2.41. The molecule has 0 unspecified atom stereocenters. The van der Waals surface area contributed by atoms with Crippen LogP contribution in [0.1, 0.15) is 23.7 Å². The highest BCUT2D eigenvalue weighted by atomic mass is 19.1. The van der Waals surface area contributed by atoms with Crippen LogP contribution in [-0.4, -0.2) is 61.4 Å². The maximum Gasteiger partial charge on any atom is 0.246 e. The molecule has 4 heterocycles. The fourth-order valence-electron chi connectivity index (χ4n) is 4.66. The Kier molecular flexibility index (Phi) is 5.70. The number of ether oxygens (including phenoxy) is 1. The third-order valence-corrected chi connectivity index (χ3v) is 6.33. The summed E-state index contributed by atoms with van der Waals surface area (Å²) in [5.41, 5.74) is 8.88. The van der Waals surface area contributed by atoms with Gasteiger partial charge in [-0.3, -0.25) is 9.48 Å². The fourth-order valence-corrected chi connectivity index (χ4v) is 4.66. The minimum atomic E-state index is -0.444. The van der Waals surface area contributed by atoms with E-state index in [-0.39, 0.29) is 29.4 Å². The number of pyridine rings is 1. The van der Waals surface area contributed by atoms with E-state index in [4.69, 9.17) is 15.6 Å². The number of halogens is 1. The Bertz CT molecular complexity index is 1530. The van der Waals surface area contributed by atoms with Crippen molar-refractivity contribution in [2.45, 2.75) is 18.5 Å². The summed E-state index contributed by atoms with van der Waals surface area (Å²) in [6.07, 6.45) is 5.18. The molecule has 1 aromatic carbocycles. The molecule has 1 aliphatic rings. The van der Waals surface area contributed by atoms with Gasteiger partial charge in [-0.15, -0.1) is 0 Å². The van der Waals surface area contributed by atoms with Gasteiger partial charge in [-0.1, -0.05) is 12.5 Å². The molecular formula is C25H24FN7O2. The van der Waals surface area contributed by atoms with E-state index in [1.165, 1.54) is 12.1 Å². The van der Waals surface area contributed by atoms with E-state index in [0.29, 0.717) is 41.7 Å². The van der Waals surface area contributed by atoms with Gasteiger partial charge in [0, 0.05) is 33.0 Å². The summed E-state index contributed by atoms with van der Waals surface area (Å²) in [6.45, 7) is 4.45. The van der Waals surface area contributed by atoms with E-state index in [0.717, 1.165) is 5.52 Å². The van der Waals surface area contributed by atoms with E-state index in [1.807, 2.05) is 10.7 Å². The van der Waals surface area contributed by atoms with Gasteiger partial charge in [0.1, 0.15) is 17.3 Å². The molecule has 10 heteroatoms. The van der Waals surface area contributed by atoms with Crippen molar-refractivity contribution in [2.75, 3.05) is 26.0 Å². The number of carbonyl (C=O) groups is 1. The zero-order chi connectivity index (χ0) is 24.7. The molecule has 2 atom stereocenters.